The number of pyridine rings is 2. The molecule has 0 aliphatic heterocycles. The molecule has 0 unspecified atom stereocenters. The van der Waals surface area contributed by atoms with Crippen LogP contribution >= 0.6 is 23.4 Å². The summed E-state index contributed by atoms with van der Waals surface area (Å²) in [5, 5.41) is 11.3. The summed E-state index contributed by atoms with van der Waals surface area (Å²) in [6.45, 7) is 0. The monoisotopic (exact) mass is 301 g/mol. The minimum atomic E-state index is 0.584. The third kappa shape index (κ3) is 2.65. The van der Waals surface area contributed by atoms with Gasteiger partial charge >= 0.3 is 0 Å². The molecule has 0 fully saturated rings. The largest absolute Gasteiger partial charge is 0.248 e. The van der Waals surface area contributed by atoms with Crippen molar-refractivity contribution in [1.29, 1.82) is 5.26 Å². The van der Waals surface area contributed by atoms with Crippen molar-refractivity contribution in [2.75, 3.05) is 0 Å². The van der Waals surface area contributed by atoms with E-state index >= 15 is 0 Å². The second-order valence-corrected chi connectivity index (χ2v) is 6.04. The van der Waals surface area contributed by atoms with Crippen molar-refractivity contribution in [2.45, 2.75) is 35.7 Å². The zero-order valence-corrected chi connectivity index (χ0v) is 12.3. The minimum absolute atomic E-state index is 0.584. The number of hydrogen-bond donors (Lipinski definition) is 0. The molecule has 100 valence electrons. The van der Waals surface area contributed by atoms with Crippen LogP contribution in [0.4, 0.5) is 0 Å². The van der Waals surface area contributed by atoms with Crippen molar-refractivity contribution < 1.29 is 0 Å². The van der Waals surface area contributed by atoms with Gasteiger partial charge in [0.1, 0.15) is 16.1 Å². The lowest BCUT2D eigenvalue weighted by Crippen LogP contribution is -2.07. The fourth-order valence-corrected chi connectivity index (χ4v) is 3.38. The van der Waals surface area contributed by atoms with Gasteiger partial charge in [0.05, 0.1) is 10.6 Å². The third-order valence-electron chi connectivity index (χ3n) is 3.30. The Morgan fingerprint density at radius 2 is 2.10 bits per heavy atom. The predicted molar refractivity (Wildman–Crippen MR) is 79.0 cm³/mol. The predicted octanol–water partition coefficient (Wildman–Crippen LogP) is 4.03. The van der Waals surface area contributed by atoms with E-state index < -0.39 is 0 Å². The fourth-order valence-electron chi connectivity index (χ4n) is 2.31. The number of aromatic nitrogens is 2. The number of nitriles is 1. The molecule has 3 rings (SSSR count). The Labute approximate surface area is 127 Å². The van der Waals surface area contributed by atoms with E-state index in [0.717, 1.165) is 18.5 Å². The van der Waals surface area contributed by atoms with Gasteiger partial charge in [-0.15, -0.1) is 0 Å². The SMILES string of the molecule is N#Cc1cc2c(nc1Sc1ncccc1Cl)CCCC2. The molecule has 0 spiro atoms. The molecule has 2 heterocycles. The highest BCUT2D eigenvalue weighted by Gasteiger charge is 2.16. The quantitative estimate of drug-likeness (QED) is 0.840. The molecule has 0 amide bonds. The van der Waals surface area contributed by atoms with Crippen molar-refractivity contribution in [1.82, 2.24) is 9.97 Å². The highest BCUT2D eigenvalue weighted by Crippen LogP contribution is 2.34. The molecule has 0 N–H and O–H groups in total. The van der Waals surface area contributed by atoms with Crippen molar-refractivity contribution in [3.05, 3.63) is 46.2 Å². The Kier molecular flexibility index (Phi) is 3.90. The van der Waals surface area contributed by atoms with Crippen molar-refractivity contribution in [2.24, 2.45) is 0 Å². The lowest BCUT2D eigenvalue weighted by molar-refractivity contribution is 0.660. The lowest BCUT2D eigenvalue weighted by Gasteiger charge is -2.16. The van der Waals surface area contributed by atoms with Gasteiger partial charge in [-0.3, -0.25) is 0 Å². The van der Waals surface area contributed by atoms with Gasteiger partial charge in [0.25, 0.3) is 0 Å². The lowest BCUT2D eigenvalue weighted by atomic mass is 9.95. The zero-order chi connectivity index (χ0) is 13.9. The number of fused-ring (bicyclic) bond motifs is 1. The second-order valence-electron chi connectivity index (χ2n) is 4.66. The number of halogens is 1. The van der Waals surface area contributed by atoms with Gasteiger partial charge in [-0.2, -0.15) is 5.26 Å². The molecule has 2 aromatic heterocycles. The van der Waals surface area contributed by atoms with Crippen molar-refractivity contribution in [3.63, 3.8) is 0 Å². The third-order valence-corrected chi connectivity index (χ3v) is 4.74. The summed E-state index contributed by atoms with van der Waals surface area (Å²) in [7, 11) is 0. The molecule has 0 bridgehead atoms. The first kappa shape index (κ1) is 13.4. The van der Waals surface area contributed by atoms with Gasteiger partial charge < -0.3 is 0 Å². The molecule has 1 aliphatic rings. The first-order valence-corrected chi connectivity index (χ1v) is 7.68. The van der Waals surface area contributed by atoms with Gasteiger partial charge in [-0.05, 0) is 61.2 Å². The highest BCUT2D eigenvalue weighted by molar-refractivity contribution is 7.99. The molecular formula is C15H12ClN3S. The smallest absolute Gasteiger partial charge is 0.121 e. The van der Waals surface area contributed by atoms with E-state index in [1.54, 1.807) is 18.3 Å². The average Bonchev–Trinajstić information content (AvgIpc) is 2.49. The number of aryl methyl sites for hydroxylation is 2. The van der Waals surface area contributed by atoms with Crippen LogP contribution in [-0.4, -0.2) is 9.97 Å². The maximum absolute atomic E-state index is 9.31. The molecule has 1 aliphatic carbocycles. The fraction of sp³-hybridized carbons (Fsp3) is 0.267. The molecule has 0 atom stereocenters. The van der Waals surface area contributed by atoms with Gasteiger partial charge in [0.15, 0.2) is 0 Å². The first-order valence-electron chi connectivity index (χ1n) is 6.49. The van der Waals surface area contributed by atoms with Crippen LogP contribution in [0.25, 0.3) is 0 Å². The molecule has 0 saturated carbocycles. The van der Waals surface area contributed by atoms with Crippen LogP contribution in [-0.2, 0) is 12.8 Å². The van der Waals surface area contributed by atoms with E-state index in [1.807, 2.05) is 6.07 Å². The van der Waals surface area contributed by atoms with Gasteiger partial charge in [0, 0.05) is 11.9 Å². The molecule has 0 radical (unpaired) electrons. The van der Waals surface area contributed by atoms with E-state index in [0.29, 0.717) is 20.6 Å². The van der Waals surface area contributed by atoms with Crippen LogP contribution in [0, 0.1) is 11.3 Å². The highest BCUT2D eigenvalue weighted by atomic mass is 35.5. The van der Waals surface area contributed by atoms with E-state index in [1.165, 1.54) is 30.2 Å². The Hall–Kier alpha value is -1.57. The van der Waals surface area contributed by atoms with Crippen LogP contribution < -0.4 is 0 Å². The van der Waals surface area contributed by atoms with Crippen LogP contribution in [0.15, 0.2) is 34.4 Å². The minimum Gasteiger partial charge on any atom is -0.248 e. The van der Waals surface area contributed by atoms with Gasteiger partial charge in [-0.25, -0.2) is 9.97 Å². The molecule has 20 heavy (non-hydrogen) atoms. The number of rotatable bonds is 2. The van der Waals surface area contributed by atoms with Crippen LogP contribution in [0.5, 0.6) is 0 Å². The maximum Gasteiger partial charge on any atom is 0.121 e. The topological polar surface area (TPSA) is 49.6 Å². The Morgan fingerprint density at radius 3 is 2.90 bits per heavy atom. The van der Waals surface area contributed by atoms with Gasteiger partial charge in [-0.1, -0.05) is 11.6 Å². The summed E-state index contributed by atoms with van der Waals surface area (Å²) in [6.07, 6.45) is 6.05. The van der Waals surface area contributed by atoms with Crippen LogP contribution in [0.1, 0.15) is 29.7 Å². The van der Waals surface area contributed by atoms with Crippen LogP contribution in [0.2, 0.25) is 5.02 Å². The van der Waals surface area contributed by atoms with E-state index in [9.17, 15) is 5.26 Å². The normalized spacial score (nSPS) is 13.6. The number of hydrogen-bond acceptors (Lipinski definition) is 4. The Morgan fingerprint density at radius 1 is 1.25 bits per heavy atom. The molecule has 3 nitrogen and oxygen atoms in total. The van der Waals surface area contributed by atoms with Crippen LogP contribution in [0.3, 0.4) is 0 Å². The summed E-state index contributed by atoms with van der Waals surface area (Å²) in [5.74, 6) is 0. The van der Waals surface area contributed by atoms with Crippen molar-refractivity contribution in [3.8, 4) is 6.07 Å². The van der Waals surface area contributed by atoms with E-state index in [4.69, 9.17) is 11.6 Å². The summed E-state index contributed by atoms with van der Waals surface area (Å²) in [5.41, 5.74) is 2.94. The molecular weight excluding hydrogens is 290 g/mol. The Bertz CT molecular complexity index is 694. The molecule has 0 saturated heterocycles. The Balaban J connectivity index is 2.01. The van der Waals surface area contributed by atoms with Gasteiger partial charge in [0.2, 0.25) is 0 Å². The molecule has 5 heteroatoms. The first-order chi connectivity index (χ1) is 9.78. The van der Waals surface area contributed by atoms with E-state index in [2.05, 4.69) is 16.0 Å². The standard InChI is InChI=1S/C15H12ClN3S/c16-12-5-3-7-18-15(12)20-14-11(9-17)8-10-4-1-2-6-13(10)19-14/h3,5,7-8H,1-2,4,6H2. The maximum atomic E-state index is 9.31. The zero-order valence-electron chi connectivity index (χ0n) is 10.8. The summed E-state index contributed by atoms with van der Waals surface area (Å²) >= 11 is 7.48. The second kappa shape index (κ2) is 5.82. The van der Waals surface area contributed by atoms with Crippen molar-refractivity contribution >= 4 is 23.4 Å². The summed E-state index contributed by atoms with van der Waals surface area (Å²) in [6, 6.07) is 7.79. The summed E-state index contributed by atoms with van der Waals surface area (Å²) in [4.78, 5) is 8.90. The summed E-state index contributed by atoms with van der Waals surface area (Å²) < 4.78 is 0. The van der Waals surface area contributed by atoms with E-state index in [-0.39, 0.29) is 0 Å². The molecule has 0 aromatic carbocycles. The number of nitrogens with zero attached hydrogens (tertiary/aromatic N) is 3. The average molecular weight is 302 g/mol. The molecule has 2 aromatic rings.